The Kier molecular flexibility index (Phi) is 6.87. The highest BCUT2D eigenvalue weighted by atomic mass is 19.1. The van der Waals surface area contributed by atoms with E-state index in [1.807, 2.05) is 0 Å². The molecule has 1 fully saturated rings. The first kappa shape index (κ1) is 19.3. The van der Waals surface area contributed by atoms with Crippen LogP contribution in [0.15, 0.2) is 18.2 Å². The molecule has 1 saturated heterocycles. The molecule has 2 rings (SSSR count). The number of carbonyl (C=O) groups excluding carboxylic acids is 1. The molecule has 5 nitrogen and oxygen atoms in total. The second kappa shape index (κ2) is 8.89. The van der Waals surface area contributed by atoms with E-state index in [0.29, 0.717) is 19.5 Å². The van der Waals surface area contributed by atoms with Crippen molar-refractivity contribution in [2.45, 2.75) is 38.1 Å². The van der Waals surface area contributed by atoms with Gasteiger partial charge in [0, 0.05) is 25.6 Å². The number of rotatable bonds is 6. The van der Waals surface area contributed by atoms with Gasteiger partial charge in [-0.05, 0) is 56.5 Å². The van der Waals surface area contributed by atoms with Crippen LogP contribution in [0.5, 0.6) is 0 Å². The predicted molar refractivity (Wildman–Crippen MR) is 89.2 cm³/mol. The Balaban J connectivity index is 1.86. The maximum Gasteiger partial charge on any atom is 0.317 e. The molecule has 0 aromatic heterocycles. The third kappa shape index (κ3) is 5.77. The van der Waals surface area contributed by atoms with Crippen molar-refractivity contribution in [3.05, 3.63) is 35.4 Å². The third-order valence-corrected chi connectivity index (χ3v) is 4.67. The van der Waals surface area contributed by atoms with E-state index in [0.717, 1.165) is 31.0 Å². The van der Waals surface area contributed by atoms with E-state index in [1.165, 1.54) is 0 Å². The van der Waals surface area contributed by atoms with Gasteiger partial charge in [0.05, 0.1) is 6.54 Å². The molecule has 0 aliphatic carbocycles. The molecule has 0 saturated carbocycles. The van der Waals surface area contributed by atoms with Crippen molar-refractivity contribution in [2.75, 3.05) is 26.7 Å². The summed E-state index contributed by atoms with van der Waals surface area (Å²) >= 11 is 0. The molecule has 1 aromatic carbocycles. The molecule has 1 aliphatic rings. The van der Waals surface area contributed by atoms with E-state index in [1.54, 1.807) is 16.8 Å². The lowest BCUT2D eigenvalue weighted by atomic mass is 10.1. The predicted octanol–water partition coefficient (Wildman–Crippen LogP) is 2.29. The van der Waals surface area contributed by atoms with Crippen LogP contribution in [0.4, 0.5) is 8.78 Å². The van der Waals surface area contributed by atoms with Crippen LogP contribution in [0.3, 0.4) is 0 Å². The Hall–Kier alpha value is -2.02. The van der Waals surface area contributed by atoms with E-state index >= 15 is 0 Å². The molecule has 1 amide bonds. The molecule has 1 unspecified atom stereocenters. The van der Waals surface area contributed by atoms with Gasteiger partial charge in [0.25, 0.3) is 0 Å². The number of amides is 1. The maximum atomic E-state index is 13.6. The van der Waals surface area contributed by atoms with Crippen molar-refractivity contribution < 1.29 is 23.5 Å². The van der Waals surface area contributed by atoms with Gasteiger partial charge < -0.3 is 10.0 Å². The quantitative estimate of drug-likeness (QED) is 0.852. The van der Waals surface area contributed by atoms with Gasteiger partial charge in [0.1, 0.15) is 11.6 Å². The van der Waals surface area contributed by atoms with Gasteiger partial charge in [-0.15, -0.1) is 0 Å². The Labute approximate surface area is 146 Å². The summed E-state index contributed by atoms with van der Waals surface area (Å²) in [6, 6.07) is 3.39. The molecular weight excluding hydrogens is 330 g/mol. The summed E-state index contributed by atoms with van der Waals surface area (Å²) in [4.78, 5) is 26.7. The number of halogens is 2. The van der Waals surface area contributed by atoms with Gasteiger partial charge in [-0.2, -0.15) is 0 Å². The summed E-state index contributed by atoms with van der Waals surface area (Å²) in [5, 5.41) is 8.88. The number of likely N-dealkylation sites (N-methyl/N-ethyl adjacent to an activating group) is 1. The minimum atomic E-state index is -0.864. The van der Waals surface area contributed by atoms with Gasteiger partial charge in [-0.25, -0.2) is 8.78 Å². The monoisotopic (exact) mass is 354 g/mol. The van der Waals surface area contributed by atoms with Crippen molar-refractivity contribution in [3.63, 3.8) is 0 Å². The van der Waals surface area contributed by atoms with Crippen LogP contribution in [0, 0.1) is 11.6 Å². The van der Waals surface area contributed by atoms with E-state index in [4.69, 9.17) is 5.11 Å². The van der Waals surface area contributed by atoms with Crippen molar-refractivity contribution in [1.29, 1.82) is 0 Å². The number of carboxylic acids is 1. The number of benzene rings is 1. The number of carbonyl (C=O) groups is 2. The number of likely N-dealkylation sites (tertiary alicyclic amines) is 1. The van der Waals surface area contributed by atoms with E-state index in [9.17, 15) is 18.4 Å². The molecule has 1 heterocycles. The minimum Gasteiger partial charge on any atom is -0.480 e. The lowest BCUT2D eigenvalue weighted by Gasteiger charge is -2.25. The van der Waals surface area contributed by atoms with Crippen LogP contribution in [-0.2, 0) is 16.0 Å². The fourth-order valence-corrected chi connectivity index (χ4v) is 3.25. The SMILES string of the molecule is CN(CC(=O)O)C1CCCN(C(=O)CCc2cc(F)ccc2F)CC1. The Morgan fingerprint density at radius 1 is 1.28 bits per heavy atom. The van der Waals surface area contributed by atoms with Crippen molar-refractivity contribution in [2.24, 2.45) is 0 Å². The smallest absolute Gasteiger partial charge is 0.317 e. The molecule has 1 atom stereocenters. The Bertz CT molecular complexity index is 624. The fraction of sp³-hybridized carbons (Fsp3) is 0.556. The third-order valence-electron chi connectivity index (χ3n) is 4.67. The van der Waals surface area contributed by atoms with Gasteiger partial charge in [0.15, 0.2) is 0 Å². The number of hydrogen-bond acceptors (Lipinski definition) is 3. The van der Waals surface area contributed by atoms with E-state index < -0.39 is 17.6 Å². The molecule has 1 aromatic rings. The highest BCUT2D eigenvalue weighted by molar-refractivity contribution is 5.76. The zero-order valence-corrected chi connectivity index (χ0v) is 14.4. The van der Waals surface area contributed by atoms with Gasteiger partial charge in [0.2, 0.25) is 5.91 Å². The van der Waals surface area contributed by atoms with Crippen LogP contribution in [0.25, 0.3) is 0 Å². The number of aryl methyl sites for hydroxylation is 1. The normalized spacial score (nSPS) is 18.2. The first-order chi connectivity index (χ1) is 11.9. The van der Waals surface area contributed by atoms with Gasteiger partial charge in [-0.3, -0.25) is 14.5 Å². The topological polar surface area (TPSA) is 60.9 Å². The van der Waals surface area contributed by atoms with Crippen LogP contribution in [0.1, 0.15) is 31.2 Å². The number of nitrogens with zero attached hydrogens (tertiary/aromatic N) is 2. The Morgan fingerprint density at radius 2 is 2.04 bits per heavy atom. The molecule has 1 N–H and O–H groups in total. The van der Waals surface area contributed by atoms with Crippen LogP contribution < -0.4 is 0 Å². The van der Waals surface area contributed by atoms with Crippen molar-refractivity contribution >= 4 is 11.9 Å². The molecule has 138 valence electrons. The molecule has 0 radical (unpaired) electrons. The average Bonchev–Trinajstić information content (AvgIpc) is 2.81. The van der Waals surface area contributed by atoms with Crippen molar-refractivity contribution in [1.82, 2.24) is 9.80 Å². The minimum absolute atomic E-state index is 0.0164. The highest BCUT2D eigenvalue weighted by Crippen LogP contribution is 2.18. The number of aliphatic carboxylic acids is 1. The lowest BCUT2D eigenvalue weighted by molar-refractivity contribution is -0.138. The standard InChI is InChI=1S/C18H24F2N2O3/c1-21(12-18(24)25)15-3-2-9-22(10-8-15)17(23)7-4-13-11-14(19)5-6-16(13)20/h5-6,11,15H,2-4,7-10,12H2,1H3,(H,24,25). The second-order valence-corrected chi connectivity index (χ2v) is 6.51. The maximum absolute atomic E-state index is 13.6. The van der Waals surface area contributed by atoms with E-state index in [-0.39, 0.29) is 36.9 Å². The fourth-order valence-electron chi connectivity index (χ4n) is 3.25. The summed E-state index contributed by atoms with van der Waals surface area (Å²) in [7, 11) is 1.78. The van der Waals surface area contributed by atoms with Crippen LogP contribution >= 0.6 is 0 Å². The Morgan fingerprint density at radius 3 is 2.76 bits per heavy atom. The largest absolute Gasteiger partial charge is 0.480 e. The second-order valence-electron chi connectivity index (χ2n) is 6.51. The summed E-state index contributed by atoms with van der Waals surface area (Å²) < 4.78 is 26.8. The summed E-state index contributed by atoms with van der Waals surface area (Å²) in [6.07, 6.45) is 2.65. The first-order valence-electron chi connectivity index (χ1n) is 8.50. The number of hydrogen-bond donors (Lipinski definition) is 1. The molecular formula is C18H24F2N2O3. The number of carboxylic acid groups (broad SMARTS) is 1. The zero-order chi connectivity index (χ0) is 18.4. The molecule has 0 spiro atoms. The summed E-state index contributed by atoms with van der Waals surface area (Å²) in [6.45, 7) is 1.15. The molecule has 7 heteroatoms. The first-order valence-corrected chi connectivity index (χ1v) is 8.50. The highest BCUT2D eigenvalue weighted by Gasteiger charge is 2.24. The molecule has 1 aliphatic heterocycles. The average molecular weight is 354 g/mol. The van der Waals surface area contributed by atoms with Crippen LogP contribution in [-0.4, -0.2) is 59.5 Å². The van der Waals surface area contributed by atoms with Gasteiger partial charge >= 0.3 is 5.97 Å². The zero-order valence-electron chi connectivity index (χ0n) is 14.4. The summed E-state index contributed by atoms with van der Waals surface area (Å²) in [5.74, 6) is -1.95. The molecule has 0 bridgehead atoms. The summed E-state index contributed by atoms with van der Waals surface area (Å²) in [5.41, 5.74) is 0.210. The molecule has 25 heavy (non-hydrogen) atoms. The van der Waals surface area contributed by atoms with E-state index in [2.05, 4.69) is 0 Å². The van der Waals surface area contributed by atoms with Crippen LogP contribution in [0.2, 0.25) is 0 Å². The van der Waals surface area contributed by atoms with Crippen molar-refractivity contribution in [3.8, 4) is 0 Å². The lowest BCUT2D eigenvalue weighted by Crippen LogP contribution is -2.37. The van der Waals surface area contributed by atoms with Gasteiger partial charge in [-0.1, -0.05) is 0 Å².